The number of carbonyl (C=O) groups is 2. The van der Waals surface area contributed by atoms with Crippen molar-refractivity contribution in [3.05, 3.63) is 92.0 Å². The molecule has 0 saturated carbocycles. The van der Waals surface area contributed by atoms with Crippen molar-refractivity contribution in [2.45, 2.75) is 13.5 Å². The lowest BCUT2D eigenvalue weighted by Gasteiger charge is -2.15. The fourth-order valence-electron chi connectivity index (χ4n) is 3.37. The summed E-state index contributed by atoms with van der Waals surface area (Å²) >= 11 is 15.6. The summed E-state index contributed by atoms with van der Waals surface area (Å²) < 4.78 is 12.4. The Morgan fingerprint density at radius 1 is 1.00 bits per heavy atom. The van der Waals surface area contributed by atoms with Crippen LogP contribution in [0.1, 0.15) is 18.1 Å². The average Bonchev–Trinajstić information content (AvgIpc) is 3.09. The SMILES string of the molecule is CCOc1cc(/C=C2/NC(=O)N(c3ccccc3)C2=O)cc(Br)c1OCc1ccc(Cl)c(Cl)c1. The number of imide groups is 1. The molecule has 4 rings (SSSR count). The Morgan fingerprint density at radius 3 is 2.47 bits per heavy atom. The maximum atomic E-state index is 12.9. The van der Waals surface area contributed by atoms with Crippen LogP contribution in [-0.2, 0) is 11.4 Å². The van der Waals surface area contributed by atoms with Gasteiger partial charge in [0.25, 0.3) is 5.91 Å². The van der Waals surface area contributed by atoms with E-state index in [-0.39, 0.29) is 12.3 Å². The summed E-state index contributed by atoms with van der Waals surface area (Å²) in [6, 6.07) is 17.0. The molecule has 0 spiro atoms. The van der Waals surface area contributed by atoms with Crippen molar-refractivity contribution in [3.8, 4) is 11.5 Å². The van der Waals surface area contributed by atoms with Crippen LogP contribution in [0.15, 0.2) is 70.8 Å². The maximum Gasteiger partial charge on any atom is 0.333 e. The van der Waals surface area contributed by atoms with Crippen LogP contribution in [0, 0.1) is 0 Å². The number of hydrogen-bond acceptors (Lipinski definition) is 4. The quantitative estimate of drug-likeness (QED) is 0.253. The molecule has 0 aromatic heterocycles. The van der Waals surface area contributed by atoms with Gasteiger partial charge in [-0.2, -0.15) is 0 Å². The average molecular weight is 562 g/mol. The van der Waals surface area contributed by atoms with Gasteiger partial charge in [-0.1, -0.05) is 47.5 Å². The van der Waals surface area contributed by atoms with Crippen molar-refractivity contribution >= 4 is 62.8 Å². The number of rotatable bonds is 7. The molecule has 3 aromatic carbocycles. The predicted octanol–water partition coefficient (Wildman–Crippen LogP) is 6.83. The highest BCUT2D eigenvalue weighted by molar-refractivity contribution is 9.10. The van der Waals surface area contributed by atoms with Crippen molar-refractivity contribution in [2.75, 3.05) is 11.5 Å². The van der Waals surface area contributed by atoms with E-state index in [1.165, 1.54) is 0 Å². The molecular formula is C25H19BrCl2N2O4. The van der Waals surface area contributed by atoms with E-state index in [4.69, 9.17) is 32.7 Å². The summed E-state index contributed by atoms with van der Waals surface area (Å²) in [6.07, 6.45) is 1.60. The lowest BCUT2D eigenvalue weighted by atomic mass is 10.1. The summed E-state index contributed by atoms with van der Waals surface area (Å²) in [7, 11) is 0. The van der Waals surface area contributed by atoms with Crippen LogP contribution < -0.4 is 19.7 Å². The van der Waals surface area contributed by atoms with Gasteiger partial charge in [-0.3, -0.25) is 4.79 Å². The third-order valence-electron chi connectivity index (χ3n) is 4.90. The van der Waals surface area contributed by atoms with Crippen LogP contribution in [0.25, 0.3) is 6.08 Å². The number of nitrogens with one attached hydrogen (secondary N) is 1. The summed E-state index contributed by atoms with van der Waals surface area (Å²) in [6.45, 7) is 2.52. The van der Waals surface area contributed by atoms with E-state index in [2.05, 4.69) is 21.2 Å². The van der Waals surface area contributed by atoms with E-state index in [0.29, 0.717) is 43.9 Å². The monoisotopic (exact) mass is 560 g/mol. The fraction of sp³-hybridized carbons (Fsp3) is 0.120. The minimum atomic E-state index is -0.506. The number of para-hydroxylation sites is 1. The molecule has 1 saturated heterocycles. The fourth-order valence-corrected chi connectivity index (χ4v) is 4.27. The van der Waals surface area contributed by atoms with Gasteiger partial charge < -0.3 is 14.8 Å². The number of benzene rings is 3. The van der Waals surface area contributed by atoms with Crippen LogP contribution in [0.4, 0.5) is 10.5 Å². The van der Waals surface area contributed by atoms with Crippen molar-refractivity contribution in [3.63, 3.8) is 0 Å². The van der Waals surface area contributed by atoms with Crippen LogP contribution in [-0.4, -0.2) is 18.5 Å². The molecule has 0 radical (unpaired) electrons. The molecule has 1 N–H and O–H groups in total. The Kier molecular flexibility index (Phi) is 7.46. The van der Waals surface area contributed by atoms with Gasteiger partial charge in [0.15, 0.2) is 11.5 Å². The molecule has 0 bridgehead atoms. The number of urea groups is 1. The summed E-state index contributed by atoms with van der Waals surface area (Å²) in [5, 5.41) is 3.55. The Bertz CT molecular complexity index is 1280. The van der Waals surface area contributed by atoms with E-state index >= 15 is 0 Å². The topological polar surface area (TPSA) is 67.9 Å². The summed E-state index contributed by atoms with van der Waals surface area (Å²) in [4.78, 5) is 26.4. The second kappa shape index (κ2) is 10.5. The molecule has 1 aliphatic rings. The lowest BCUT2D eigenvalue weighted by molar-refractivity contribution is -0.113. The second-order valence-corrected chi connectivity index (χ2v) is 8.93. The molecule has 34 heavy (non-hydrogen) atoms. The number of nitrogens with zero attached hydrogens (tertiary/aromatic N) is 1. The Hall–Kier alpha value is -3.00. The van der Waals surface area contributed by atoms with Gasteiger partial charge in [0, 0.05) is 0 Å². The summed E-state index contributed by atoms with van der Waals surface area (Å²) in [5.74, 6) is 0.550. The number of anilines is 1. The van der Waals surface area contributed by atoms with E-state index in [9.17, 15) is 9.59 Å². The van der Waals surface area contributed by atoms with Gasteiger partial charge in [0.05, 0.1) is 26.8 Å². The van der Waals surface area contributed by atoms with E-state index in [0.717, 1.165) is 10.5 Å². The maximum absolute atomic E-state index is 12.9. The van der Waals surface area contributed by atoms with Crippen molar-refractivity contribution in [1.82, 2.24) is 5.32 Å². The molecule has 0 aliphatic carbocycles. The van der Waals surface area contributed by atoms with E-state index in [1.807, 2.05) is 19.1 Å². The third kappa shape index (κ3) is 5.22. The molecular weight excluding hydrogens is 543 g/mol. The van der Waals surface area contributed by atoms with Crippen LogP contribution in [0.5, 0.6) is 11.5 Å². The molecule has 0 atom stereocenters. The van der Waals surface area contributed by atoms with Crippen molar-refractivity contribution in [2.24, 2.45) is 0 Å². The molecule has 9 heteroatoms. The number of carbonyl (C=O) groups excluding carboxylic acids is 2. The standard InChI is InChI=1S/C25H19BrCl2N2O4/c1-2-33-22-13-16(10-18(26)23(22)34-14-15-8-9-19(27)20(28)11-15)12-21-24(31)30(25(32)29-21)17-6-4-3-5-7-17/h3-13H,2,14H2,1H3,(H,29,32)/b21-12+. The molecule has 1 heterocycles. The second-order valence-electron chi connectivity index (χ2n) is 7.26. The molecule has 174 valence electrons. The van der Waals surface area contributed by atoms with Crippen LogP contribution in [0.3, 0.4) is 0 Å². The van der Waals surface area contributed by atoms with Gasteiger partial charge in [-0.05, 0) is 76.5 Å². The first-order chi connectivity index (χ1) is 16.4. The van der Waals surface area contributed by atoms with Gasteiger partial charge in [-0.15, -0.1) is 0 Å². The smallest absolute Gasteiger partial charge is 0.333 e. The Morgan fingerprint density at radius 2 is 1.76 bits per heavy atom. The zero-order valence-electron chi connectivity index (χ0n) is 18.0. The lowest BCUT2D eigenvalue weighted by Crippen LogP contribution is -2.30. The van der Waals surface area contributed by atoms with E-state index < -0.39 is 11.9 Å². The predicted molar refractivity (Wildman–Crippen MR) is 137 cm³/mol. The minimum Gasteiger partial charge on any atom is -0.490 e. The Labute approximate surface area is 215 Å². The van der Waals surface area contributed by atoms with Gasteiger partial charge in [-0.25, -0.2) is 9.69 Å². The van der Waals surface area contributed by atoms with E-state index in [1.54, 1.807) is 54.6 Å². The van der Waals surface area contributed by atoms with Crippen LogP contribution >= 0.6 is 39.1 Å². The molecule has 3 aromatic rings. The van der Waals surface area contributed by atoms with Crippen LogP contribution in [0.2, 0.25) is 10.0 Å². The number of ether oxygens (including phenoxy) is 2. The van der Waals surface area contributed by atoms with Gasteiger partial charge in [0.2, 0.25) is 0 Å². The normalized spacial score (nSPS) is 14.5. The number of halogens is 3. The molecule has 3 amide bonds. The molecule has 1 fully saturated rings. The molecule has 0 unspecified atom stereocenters. The number of amides is 3. The number of hydrogen-bond donors (Lipinski definition) is 1. The molecule has 6 nitrogen and oxygen atoms in total. The zero-order chi connectivity index (χ0) is 24.2. The highest BCUT2D eigenvalue weighted by Crippen LogP contribution is 2.38. The first-order valence-corrected chi connectivity index (χ1v) is 11.9. The highest BCUT2D eigenvalue weighted by atomic mass is 79.9. The molecule has 1 aliphatic heterocycles. The summed E-state index contributed by atoms with van der Waals surface area (Å²) in [5.41, 5.74) is 2.15. The third-order valence-corrected chi connectivity index (χ3v) is 6.23. The highest BCUT2D eigenvalue weighted by Gasteiger charge is 2.34. The minimum absolute atomic E-state index is 0.160. The first kappa shape index (κ1) is 24.1. The van der Waals surface area contributed by atoms with Gasteiger partial charge in [0.1, 0.15) is 12.3 Å². The van der Waals surface area contributed by atoms with Crippen molar-refractivity contribution < 1.29 is 19.1 Å². The largest absolute Gasteiger partial charge is 0.490 e. The van der Waals surface area contributed by atoms with Gasteiger partial charge >= 0.3 is 6.03 Å². The zero-order valence-corrected chi connectivity index (χ0v) is 21.1. The van der Waals surface area contributed by atoms with Crippen molar-refractivity contribution in [1.29, 1.82) is 0 Å². The Balaban J connectivity index is 1.59. The first-order valence-electron chi connectivity index (χ1n) is 10.3.